The first-order valence-electron chi connectivity index (χ1n) is 8.62. The van der Waals surface area contributed by atoms with Gasteiger partial charge in [-0.05, 0) is 12.8 Å². The summed E-state index contributed by atoms with van der Waals surface area (Å²) in [5.74, 6) is -2.83. The lowest BCUT2D eigenvalue weighted by molar-refractivity contribution is -0.153. The summed E-state index contributed by atoms with van der Waals surface area (Å²) < 4.78 is 74.4. The highest BCUT2D eigenvalue weighted by Crippen LogP contribution is 2.38. The van der Waals surface area contributed by atoms with Crippen LogP contribution < -0.4 is 9.64 Å². The Bertz CT molecular complexity index is 724. The standard InChI is InChI=1S/C17H20F5N3O2/c1-3-15(4-2)9-27-14(24-15)11-5-13(26-10-17(20,21)22)12(6-23-11)25-7-16(18,19)8-25/h5-6H,3-4,7-10H2,1-2H3. The molecule has 0 saturated carbocycles. The predicted octanol–water partition coefficient (Wildman–Crippen LogP) is 3.81. The van der Waals surface area contributed by atoms with Crippen LogP contribution in [0.4, 0.5) is 27.6 Å². The summed E-state index contributed by atoms with van der Waals surface area (Å²) in [5.41, 5.74) is -0.0842. The fourth-order valence-corrected chi connectivity index (χ4v) is 2.97. The van der Waals surface area contributed by atoms with Gasteiger partial charge >= 0.3 is 6.18 Å². The number of halogens is 5. The largest absolute Gasteiger partial charge is 0.482 e. The third-order valence-corrected chi connectivity index (χ3v) is 4.77. The van der Waals surface area contributed by atoms with Gasteiger partial charge in [0.25, 0.3) is 5.92 Å². The number of anilines is 1. The molecule has 3 rings (SSSR count). The van der Waals surface area contributed by atoms with Crippen molar-refractivity contribution in [3.8, 4) is 5.75 Å². The van der Waals surface area contributed by atoms with Crippen LogP contribution in [0.25, 0.3) is 0 Å². The highest BCUT2D eigenvalue weighted by atomic mass is 19.4. The third kappa shape index (κ3) is 4.24. The first-order valence-corrected chi connectivity index (χ1v) is 8.62. The van der Waals surface area contributed by atoms with Gasteiger partial charge < -0.3 is 14.4 Å². The van der Waals surface area contributed by atoms with Gasteiger partial charge in [-0.25, -0.2) is 18.8 Å². The number of alkyl halides is 5. The first-order chi connectivity index (χ1) is 12.6. The molecule has 2 aliphatic heterocycles. The molecule has 0 spiro atoms. The molecule has 0 N–H and O–H groups in total. The number of rotatable bonds is 6. The maximum atomic E-state index is 13.1. The monoisotopic (exact) mass is 393 g/mol. The van der Waals surface area contributed by atoms with E-state index in [1.54, 1.807) is 0 Å². The van der Waals surface area contributed by atoms with Gasteiger partial charge in [-0.15, -0.1) is 0 Å². The van der Waals surface area contributed by atoms with E-state index in [9.17, 15) is 22.0 Å². The number of aliphatic imine (C=N–C) groups is 1. The Morgan fingerprint density at radius 3 is 2.41 bits per heavy atom. The van der Waals surface area contributed by atoms with Crippen molar-refractivity contribution in [1.29, 1.82) is 0 Å². The zero-order chi connectivity index (χ0) is 19.9. The van der Waals surface area contributed by atoms with E-state index >= 15 is 0 Å². The first kappa shape index (κ1) is 19.6. The minimum Gasteiger partial charge on any atom is -0.482 e. The van der Waals surface area contributed by atoms with Crippen LogP contribution in [0.5, 0.6) is 5.75 Å². The molecular weight excluding hydrogens is 373 g/mol. The van der Waals surface area contributed by atoms with Crippen LogP contribution >= 0.6 is 0 Å². The van der Waals surface area contributed by atoms with E-state index in [4.69, 9.17) is 9.47 Å². The average molecular weight is 393 g/mol. The van der Waals surface area contributed by atoms with Gasteiger partial charge in [-0.3, -0.25) is 0 Å². The summed E-state index contributed by atoms with van der Waals surface area (Å²) in [5, 5.41) is 0. The second-order valence-corrected chi connectivity index (χ2v) is 6.79. The molecule has 5 nitrogen and oxygen atoms in total. The van der Waals surface area contributed by atoms with Gasteiger partial charge in [0.1, 0.15) is 18.1 Å². The van der Waals surface area contributed by atoms with E-state index in [0.717, 1.165) is 12.8 Å². The fourth-order valence-electron chi connectivity index (χ4n) is 2.97. The normalized spacial score (nSPS) is 20.7. The van der Waals surface area contributed by atoms with E-state index in [-0.39, 0.29) is 28.6 Å². The van der Waals surface area contributed by atoms with Crippen LogP contribution in [0.2, 0.25) is 0 Å². The maximum absolute atomic E-state index is 13.1. The van der Waals surface area contributed by atoms with Crippen molar-refractivity contribution < 1.29 is 31.4 Å². The Kier molecular flexibility index (Phi) is 4.94. The van der Waals surface area contributed by atoms with Crippen molar-refractivity contribution in [3.05, 3.63) is 18.0 Å². The summed E-state index contributed by atoms with van der Waals surface area (Å²) >= 11 is 0. The van der Waals surface area contributed by atoms with Crippen LogP contribution in [-0.4, -0.2) is 54.8 Å². The summed E-state index contributed by atoms with van der Waals surface area (Å²) in [6.07, 6.45) is -1.85. The number of aromatic nitrogens is 1. The summed E-state index contributed by atoms with van der Waals surface area (Å²) in [6, 6.07) is 1.26. The van der Waals surface area contributed by atoms with Gasteiger partial charge in [-0.1, -0.05) is 13.8 Å². The smallest absolute Gasteiger partial charge is 0.422 e. The molecule has 0 aromatic carbocycles. The van der Waals surface area contributed by atoms with Gasteiger partial charge in [0.15, 0.2) is 6.61 Å². The van der Waals surface area contributed by atoms with Crippen molar-refractivity contribution in [2.45, 2.75) is 44.3 Å². The highest BCUT2D eigenvalue weighted by molar-refractivity contribution is 5.94. The minimum atomic E-state index is -4.56. The molecule has 0 atom stereocenters. The molecule has 2 aliphatic rings. The molecule has 0 bridgehead atoms. The lowest BCUT2D eigenvalue weighted by Gasteiger charge is -2.40. The average Bonchev–Trinajstić information content (AvgIpc) is 3.02. The van der Waals surface area contributed by atoms with E-state index in [1.807, 2.05) is 13.8 Å². The van der Waals surface area contributed by atoms with Crippen LogP contribution in [0.1, 0.15) is 32.4 Å². The van der Waals surface area contributed by atoms with Crippen molar-refractivity contribution in [2.24, 2.45) is 4.99 Å². The van der Waals surface area contributed by atoms with Crippen molar-refractivity contribution in [1.82, 2.24) is 4.98 Å². The van der Waals surface area contributed by atoms with E-state index in [0.29, 0.717) is 6.61 Å². The molecule has 1 fully saturated rings. The van der Waals surface area contributed by atoms with Gasteiger partial charge in [0.05, 0.1) is 30.5 Å². The molecule has 1 aromatic heterocycles. The van der Waals surface area contributed by atoms with E-state index in [1.165, 1.54) is 17.2 Å². The van der Waals surface area contributed by atoms with Gasteiger partial charge in [0, 0.05) is 6.07 Å². The molecular formula is C17H20F5N3O2. The number of nitrogens with zero attached hydrogens (tertiary/aromatic N) is 3. The Hall–Kier alpha value is -2.13. The predicted molar refractivity (Wildman–Crippen MR) is 88.7 cm³/mol. The highest BCUT2D eigenvalue weighted by Gasteiger charge is 2.45. The lowest BCUT2D eigenvalue weighted by atomic mass is 9.96. The SMILES string of the molecule is CCC1(CC)COC(c2cc(OCC(F)(F)F)c(N3CC(F)(F)C3)cn2)=N1. The number of hydrogen-bond acceptors (Lipinski definition) is 5. The summed E-state index contributed by atoms with van der Waals surface area (Å²) in [4.78, 5) is 9.90. The van der Waals surface area contributed by atoms with Crippen molar-refractivity contribution in [3.63, 3.8) is 0 Å². The molecule has 150 valence electrons. The molecule has 0 aliphatic carbocycles. The molecule has 0 radical (unpaired) electrons. The Morgan fingerprint density at radius 1 is 1.22 bits per heavy atom. The van der Waals surface area contributed by atoms with Crippen LogP contribution in [0.3, 0.4) is 0 Å². The summed E-state index contributed by atoms with van der Waals surface area (Å²) in [6.45, 7) is 1.57. The number of pyridine rings is 1. The Morgan fingerprint density at radius 2 is 1.89 bits per heavy atom. The second kappa shape index (κ2) is 6.79. The van der Waals surface area contributed by atoms with E-state index in [2.05, 4.69) is 9.98 Å². The second-order valence-electron chi connectivity index (χ2n) is 6.79. The molecule has 27 heavy (non-hydrogen) atoms. The molecule has 3 heterocycles. The van der Waals surface area contributed by atoms with Crippen molar-refractivity contribution in [2.75, 3.05) is 31.2 Å². The van der Waals surface area contributed by atoms with Crippen LogP contribution in [0, 0.1) is 0 Å². The fraction of sp³-hybridized carbons (Fsp3) is 0.647. The molecule has 0 amide bonds. The molecule has 10 heteroatoms. The van der Waals surface area contributed by atoms with Crippen LogP contribution in [0.15, 0.2) is 17.3 Å². The molecule has 1 aromatic rings. The maximum Gasteiger partial charge on any atom is 0.422 e. The van der Waals surface area contributed by atoms with Crippen LogP contribution in [-0.2, 0) is 4.74 Å². The van der Waals surface area contributed by atoms with Gasteiger partial charge in [-0.2, -0.15) is 13.2 Å². The van der Waals surface area contributed by atoms with Gasteiger partial charge in [0.2, 0.25) is 5.90 Å². The quantitative estimate of drug-likeness (QED) is 0.690. The minimum absolute atomic E-state index is 0.0877. The Balaban J connectivity index is 1.89. The Labute approximate surface area is 153 Å². The topological polar surface area (TPSA) is 47.0 Å². The lowest BCUT2D eigenvalue weighted by Crippen LogP contribution is -2.56. The zero-order valence-corrected chi connectivity index (χ0v) is 14.9. The molecule has 0 unspecified atom stereocenters. The van der Waals surface area contributed by atoms with Crippen molar-refractivity contribution >= 4 is 11.6 Å². The molecule has 1 saturated heterocycles. The van der Waals surface area contributed by atoms with E-state index < -0.39 is 31.8 Å². The third-order valence-electron chi connectivity index (χ3n) is 4.77. The summed E-state index contributed by atoms with van der Waals surface area (Å²) in [7, 11) is 0. The number of hydrogen-bond donors (Lipinski definition) is 0. The zero-order valence-electron chi connectivity index (χ0n) is 14.9. The number of ether oxygens (including phenoxy) is 2.